The zero-order valence-electron chi connectivity index (χ0n) is 12.7. The predicted octanol–water partition coefficient (Wildman–Crippen LogP) is 0.892. The first-order valence-electron chi connectivity index (χ1n) is 7.63. The second kappa shape index (κ2) is 5.98. The summed E-state index contributed by atoms with van der Waals surface area (Å²) in [6.45, 7) is 2.12. The summed E-state index contributed by atoms with van der Waals surface area (Å²) < 4.78 is 13.3. The van der Waals surface area contributed by atoms with Crippen LogP contribution in [0.2, 0.25) is 0 Å². The Labute approximate surface area is 132 Å². The molecule has 0 aromatic heterocycles. The van der Waals surface area contributed by atoms with Gasteiger partial charge in [0.25, 0.3) is 0 Å². The van der Waals surface area contributed by atoms with Gasteiger partial charge in [-0.25, -0.2) is 4.39 Å². The van der Waals surface area contributed by atoms with Crippen molar-refractivity contribution >= 4 is 23.4 Å². The summed E-state index contributed by atoms with van der Waals surface area (Å²) in [5.41, 5.74) is 1.23. The molecule has 2 aliphatic heterocycles. The van der Waals surface area contributed by atoms with Crippen molar-refractivity contribution in [1.82, 2.24) is 10.6 Å². The standard InChI is InChI=1S/C16H18FN3O3/c1-8-6-13(21)20-14(8)16(23)18-5-4-10-11-7-9(17)2-3-12(11)19-15(10)22/h2-3,7-8,10,14H,4-6H2,1H3,(H,18,23)(H,19,22)(H,20,21). The summed E-state index contributed by atoms with van der Waals surface area (Å²) in [6, 6.07) is 3.66. The fourth-order valence-corrected chi connectivity index (χ4v) is 3.14. The van der Waals surface area contributed by atoms with Crippen molar-refractivity contribution in [2.24, 2.45) is 5.92 Å². The van der Waals surface area contributed by atoms with Gasteiger partial charge < -0.3 is 16.0 Å². The van der Waals surface area contributed by atoms with Gasteiger partial charge >= 0.3 is 0 Å². The Morgan fingerprint density at radius 2 is 2.17 bits per heavy atom. The third-order valence-electron chi connectivity index (χ3n) is 4.37. The zero-order valence-corrected chi connectivity index (χ0v) is 12.7. The van der Waals surface area contributed by atoms with Crippen molar-refractivity contribution in [2.75, 3.05) is 11.9 Å². The number of hydrogen-bond donors (Lipinski definition) is 3. The summed E-state index contributed by atoms with van der Waals surface area (Å²) in [5, 5.41) is 8.08. The Morgan fingerprint density at radius 1 is 1.39 bits per heavy atom. The van der Waals surface area contributed by atoms with E-state index in [1.54, 1.807) is 0 Å². The molecular formula is C16H18FN3O3. The third-order valence-corrected chi connectivity index (χ3v) is 4.37. The minimum Gasteiger partial charge on any atom is -0.354 e. The highest BCUT2D eigenvalue weighted by molar-refractivity contribution is 6.02. The molecule has 3 unspecified atom stereocenters. The molecule has 0 saturated carbocycles. The molecule has 1 aromatic carbocycles. The van der Waals surface area contributed by atoms with Crippen LogP contribution in [0.15, 0.2) is 18.2 Å². The Bertz CT molecular complexity index is 677. The van der Waals surface area contributed by atoms with Crippen molar-refractivity contribution < 1.29 is 18.8 Å². The van der Waals surface area contributed by atoms with E-state index in [-0.39, 0.29) is 30.2 Å². The number of fused-ring (bicyclic) bond motifs is 1. The fourth-order valence-electron chi connectivity index (χ4n) is 3.14. The molecule has 122 valence electrons. The maximum atomic E-state index is 13.3. The molecule has 0 bridgehead atoms. The maximum Gasteiger partial charge on any atom is 0.242 e. The summed E-state index contributed by atoms with van der Waals surface area (Å²) in [4.78, 5) is 35.3. The molecule has 3 rings (SSSR count). The average molecular weight is 319 g/mol. The number of nitrogens with one attached hydrogen (secondary N) is 3. The van der Waals surface area contributed by atoms with E-state index in [0.717, 1.165) is 0 Å². The second-order valence-electron chi connectivity index (χ2n) is 6.08. The molecule has 3 amide bonds. The van der Waals surface area contributed by atoms with E-state index >= 15 is 0 Å². The highest BCUT2D eigenvalue weighted by atomic mass is 19.1. The van der Waals surface area contributed by atoms with Gasteiger partial charge in [0, 0.05) is 18.7 Å². The Hall–Kier alpha value is -2.44. The van der Waals surface area contributed by atoms with Gasteiger partial charge in [0.1, 0.15) is 11.9 Å². The lowest BCUT2D eigenvalue weighted by molar-refractivity contribution is -0.126. The fraction of sp³-hybridized carbons (Fsp3) is 0.438. The maximum absolute atomic E-state index is 13.3. The number of rotatable bonds is 4. The van der Waals surface area contributed by atoms with E-state index < -0.39 is 17.8 Å². The van der Waals surface area contributed by atoms with Crippen molar-refractivity contribution in [2.45, 2.75) is 31.7 Å². The normalized spacial score (nSPS) is 25.7. The molecule has 0 radical (unpaired) electrons. The Kier molecular flexibility index (Phi) is 4.02. The summed E-state index contributed by atoms with van der Waals surface area (Å²) >= 11 is 0. The summed E-state index contributed by atoms with van der Waals surface area (Å²) in [6.07, 6.45) is 0.721. The first-order chi connectivity index (χ1) is 11.0. The predicted molar refractivity (Wildman–Crippen MR) is 81.1 cm³/mol. The van der Waals surface area contributed by atoms with Crippen molar-refractivity contribution in [3.05, 3.63) is 29.6 Å². The Morgan fingerprint density at radius 3 is 2.87 bits per heavy atom. The van der Waals surface area contributed by atoms with Crippen molar-refractivity contribution in [1.29, 1.82) is 0 Å². The molecule has 1 fully saturated rings. The molecule has 3 N–H and O–H groups in total. The SMILES string of the molecule is CC1CC(=O)NC1C(=O)NCCC1C(=O)Nc2ccc(F)cc21. The molecule has 7 heteroatoms. The molecular weight excluding hydrogens is 301 g/mol. The lowest BCUT2D eigenvalue weighted by Gasteiger charge is -2.16. The molecule has 1 aromatic rings. The van der Waals surface area contributed by atoms with Crippen LogP contribution in [0.5, 0.6) is 0 Å². The van der Waals surface area contributed by atoms with Gasteiger partial charge in [-0.3, -0.25) is 14.4 Å². The van der Waals surface area contributed by atoms with E-state index in [0.29, 0.717) is 24.1 Å². The van der Waals surface area contributed by atoms with Crippen LogP contribution in [-0.2, 0) is 14.4 Å². The van der Waals surface area contributed by atoms with Gasteiger partial charge in [-0.15, -0.1) is 0 Å². The molecule has 3 atom stereocenters. The zero-order chi connectivity index (χ0) is 16.6. The molecule has 2 aliphatic rings. The van der Waals surface area contributed by atoms with Crippen LogP contribution in [0.25, 0.3) is 0 Å². The largest absolute Gasteiger partial charge is 0.354 e. The van der Waals surface area contributed by atoms with E-state index in [1.165, 1.54) is 18.2 Å². The highest BCUT2D eigenvalue weighted by Crippen LogP contribution is 2.34. The van der Waals surface area contributed by atoms with E-state index in [4.69, 9.17) is 0 Å². The number of carbonyl (C=O) groups is 3. The topological polar surface area (TPSA) is 87.3 Å². The molecule has 6 nitrogen and oxygen atoms in total. The number of benzene rings is 1. The van der Waals surface area contributed by atoms with E-state index in [1.807, 2.05) is 6.92 Å². The number of amides is 3. The third kappa shape index (κ3) is 3.04. The summed E-state index contributed by atoms with van der Waals surface area (Å²) in [7, 11) is 0. The molecule has 1 saturated heterocycles. The van der Waals surface area contributed by atoms with Crippen molar-refractivity contribution in [3.8, 4) is 0 Å². The molecule has 23 heavy (non-hydrogen) atoms. The van der Waals surface area contributed by atoms with Gasteiger partial charge in [-0.1, -0.05) is 6.92 Å². The molecule has 2 heterocycles. The van der Waals surface area contributed by atoms with Gasteiger partial charge in [0.05, 0.1) is 5.92 Å². The number of anilines is 1. The highest BCUT2D eigenvalue weighted by Gasteiger charge is 2.35. The minimum absolute atomic E-state index is 0.0490. The first-order valence-corrected chi connectivity index (χ1v) is 7.63. The molecule has 0 spiro atoms. The monoisotopic (exact) mass is 319 g/mol. The first kappa shape index (κ1) is 15.5. The van der Waals surface area contributed by atoms with E-state index in [2.05, 4.69) is 16.0 Å². The smallest absolute Gasteiger partial charge is 0.242 e. The lowest BCUT2D eigenvalue weighted by atomic mass is 9.97. The average Bonchev–Trinajstić information content (AvgIpc) is 2.98. The Balaban J connectivity index is 1.57. The lowest BCUT2D eigenvalue weighted by Crippen LogP contribution is -2.44. The van der Waals surface area contributed by atoms with Gasteiger partial charge in [0.2, 0.25) is 17.7 Å². The number of halogens is 1. The van der Waals surface area contributed by atoms with Gasteiger partial charge in [-0.2, -0.15) is 0 Å². The summed E-state index contributed by atoms with van der Waals surface area (Å²) in [5.74, 6) is -1.48. The quantitative estimate of drug-likeness (QED) is 0.770. The van der Waals surface area contributed by atoms with Crippen LogP contribution in [0.3, 0.4) is 0 Å². The van der Waals surface area contributed by atoms with Crippen LogP contribution in [0, 0.1) is 11.7 Å². The van der Waals surface area contributed by atoms with Gasteiger partial charge in [0.15, 0.2) is 0 Å². The van der Waals surface area contributed by atoms with Crippen LogP contribution in [0.4, 0.5) is 10.1 Å². The number of carbonyl (C=O) groups excluding carboxylic acids is 3. The molecule has 0 aliphatic carbocycles. The minimum atomic E-state index is -0.523. The van der Waals surface area contributed by atoms with Crippen LogP contribution >= 0.6 is 0 Å². The van der Waals surface area contributed by atoms with Crippen LogP contribution in [0.1, 0.15) is 31.2 Å². The van der Waals surface area contributed by atoms with Crippen LogP contribution in [-0.4, -0.2) is 30.3 Å². The van der Waals surface area contributed by atoms with Gasteiger partial charge in [-0.05, 0) is 36.1 Å². The van der Waals surface area contributed by atoms with E-state index in [9.17, 15) is 18.8 Å². The van der Waals surface area contributed by atoms with Crippen molar-refractivity contribution in [3.63, 3.8) is 0 Å². The van der Waals surface area contributed by atoms with Crippen LogP contribution < -0.4 is 16.0 Å². The second-order valence-corrected chi connectivity index (χ2v) is 6.08. The number of hydrogen-bond acceptors (Lipinski definition) is 3.